The molecular weight excluding hydrogens is 1190 g/mol. The topological polar surface area (TPSA) is 237 Å². The second kappa shape index (κ2) is 64.4. The van der Waals surface area contributed by atoms with Gasteiger partial charge in [-0.05, 0) is 31.6 Å². The maximum atomic E-state index is 13.0. The van der Waals surface area contributed by atoms with Gasteiger partial charge in [-0.2, -0.15) is 0 Å². The molecule has 0 saturated heterocycles. The highest BCUT2D eigenvalue weighted by Gasteiger charge is 2.30. The average molecular weight is 1330 g/mol. The minimum atomic E-state index is -4.95. The smallest absolute Gasteiger partial charge is 0.462 e. The number of hydrogen-bond acceptors (Lipinski definition) is 15. The first-order chi connectivity index (χ1) is 43.5. The molecule has 0 spiro atoms. The molecule has 0 bridgehead atoms. The second-order valence-electron chi connectivity index (χ2n) is 26.1. The van der Waals surface area contributed by atoms with Crippen LogP contribution < -0.4 is 0 Å². The van der Waals surface area contributed by atoms with Gasteiger partial charge < -0.3 is 33.8 Å². The highest BCUT2D eigenvalue weighted by atomic mass is 31.2. The van der Waals surface area contributed by atoms with E-state index in [1.807, 2.05) is 0 Å². The minimum absolute atomic E-state index is 0.107. The van der Waals surface area contributed by atoms with Gasteiger partial charge >= 0.3 is 39.5 Å². The molecule has 90 heavy (non-hydrogen) atoms. The number of carbonyl (C=O) groups excluding carboxylic acids is 4. The zero-order valence-electron chi connectivity index (χ0n) is 58.3. The lowest BCUT2D eigenvalue weighted by Gasteiger charge is -2.21. The molecule has 0 aromatic heterocycles. The van der Waals surface area contributed by atoms with Gasteiger partial charge in [-0.25, -0.2) is 9.13 Å². The molecule has 5 atom stereocenters. The van der Waals surface area contributed by atoms with Gasteiger partial charge in [0.1, 0.15) is 19.3 Å². The van der Waals surface area contributed by atoms with Crippen LogP contribution in [0.25, 0.3) is 0 Å². The van der Waals surface area contributed by atoms with E-state index in [1.165, 1.54) is 193 Å². The van der Waals surface area contributed by atoms with Crippen LogP contribution in [0.3, 0.4) is 0 Å². The maximum Gasteiger partial charge on any atom is 0.472 e. The lowest BCUT2D eigenvalue weighted by Crippen LogP contribution is -2.30. The Morgan fingerprint density at radius 1 is 0.300 bits per heavy atom. The number of phosphoric acid groups is 2. The molecular formula is C71H138O17P2. The molecule has 0 aliphatic heterocycles. The van der Waals surface area contributed by atoms with Crippen molar-refractivity contribution in [3.05, 3.63) is 0 Å². The maximum absolute atomic E-state index is 13.0. The Morgan fingerprint density at radius 3 is 0.756 bits per heavy atom. The summed E-state index contributed by atoms with van der Waals surface area (Å²) in [5.41, 5.74) is 0. The number of unbranched alkanes of at least 4 members (excludes halogenated alkanes) is 43. The Kier molecular flexibility index (Phi) is 63.0. The van der Waals surface area contributed by atoms with E-state index in [-0.39, 0.29) is 25.7 Å². The van der Waals surface area contributed by atoms with E-state index in [1.54, 1.807) is 0 Å². The van der Waals surface area contributed by atoms with Crippen molar-refractivity contribution in [2.45, 2.75) is 387 Å². The van der Waals surface area contributed by atoms with Crippen molar-refractivity contribution in [1.82, 2.24) is 0 Å². The van der Waals surface area contributed by atoms with Gasteiger partial charge in [-0.1, -0.05) is 317 Å². The third kappa shape index (κ3) is 64.8. The SMILES string of the molecule is CCCCCCCCCCCCCCCCCC(=O)OC[C@H](COP(=O)(O)OC[C@@H](O)COP(=O)(O)OC[C@@H](COC(=O)CCCCCCCCCCC)OC(=O)CCCCCCCCCCCC)OC(=O)CCCCCCCCCCCCCCCC(C)C. The molecule has 0 amide bonds. The molecule has 0 heterocycles. The predicted octanol–water partition coefficient (Wildman–Crippen LogP) is 20.5. The first-order valence-corrected chi connectivity index (χ1v) is 40.1. The number of hydrogen-bond donors (Lipinski definition) is 3. The van der Waals surface area contributed by atoms with Crippen molar-refractivity contribution in [3.8, 4) is 0 Å². The summed E-state index contributed by atoms with van der Waals surface area (Å²) in [6.45, 7) is 7.25. The summed E-state index contributed by atoms with van der Waals surface area (Å²) in [5, 5.41) is 10.6. The molecule has 0 saturated carbocycles. The summed E-state index contributed by atoms with van der Waals surface area (Å²) in [4.78, 5) is 72.5. The molecule has 0 aromatic carbocycles. The summed E-state index contributed by atoms with van der Waals surface area (Å²) in [5.74, 6) is -1.33. The van der Waals surface area contributed by atoms with Crippen molar-refractivity contribution in [1.29, 1.82) is 0 Å². The molecule has 17 nitrogen and oxygen atoms in total. The minimum Gasteiger partial charge on any atom is -0.462 e. The van der Waals surface area contributed by atoms with Gasteiger partial charge in [0, 0.05) is 25.7 Å². The molecule has 2 unspecified atom stereocenters. The van der Waals surface area contributed by atoms with Crippen LogP contribution in [-0.4, -0.2) is 96.7 Å². The molecule has 0 rings (SSSR count). The molecule has 0 radical (unpaired) electrons. The Hall–Kier alpha value is -1.94. The highest BCUT2D eigenvalue weighted by molar-refractivity contribution is 7.47. The fourth-order valence-corrected chi connectivity index (χ4v) is 12.4. The van der Waals surface area contributed by atoms with E-state index >= 15 is 0 Å². The zero-order valence-corrected chi connectivity index (χ0v) is 60.1. The molecule has 19 heteroatoms. The van der Waals surface area contributed by atoms with Gasteiger partial charge in [-0.3, -0.25) is 37.3 Å². The molecule has 0 aliphatic rings. The van der Waals surface area contributed by atoms with Crippen LogP contribution in [0.15, 0.2) is 0 Å². The summed E-state index contributed by atoms with van der Waals surface area (Å²) < 4.78 is 68.3. The van der Waals surface area contributed by atoms with Crippen molar-refractivity contribution < 1.29 is 80.2 Å². The normalized spacial score (nSPS) is 14.1. The van der Waals surface area contributed by atoms with Crippen LogP contribution in [0, 0.1) is 5.92 Å². The first kappa shape index (κ1) is 88.1. The largest absolute Gasteiger partial charge is 0.472 e. The Bertz CT molecular complexity index is 1740. The van der Waals surface area contributed by atoms with Gasteiger partial charge in [0.25, 0.3) is 0 Å². The van der Waals surface area contributed by atoms with Crippen LogP contribution in [0.2, 0.25) is 0 Å². The lowest BCUT2D eigenvalue weighted by atomic mass is 10.0. The Morgan fingerprint density at radius 2 is 0.511 bits per heavy atom. The van der Waals surface area contributed by atoms with E-state index in [2.05, 4.69) is 34.6 Å². The summed E-state index contributed by atoms with van der Waals surface area (Å²) >= 11 is 0. The van der Waals surface area contributed by atoms with Gasteiger partial charge in [0.2, 0.25) is 0 Å². The van der Waals surface area contributed by atoms with Gasteiger partial charge in [-0.15, -0.1) is 0 Å². The van der Waals surface area contributed by atoms with Crippen LogP contribution in [0.1, 0.15) is 369 Å². The second-order valence-corrected chi connectivity index (χ2v) is 29.0. The quantitative estimate of drug-likeness (QED) is 0.0222. The molecule has 0 aromatic rings. The Balaban J connectivity index is 5.22. The third-order valence-corrected chi connectivity index (χ3v) is 18.4. The summed E-state index contributed by atoms with van der Waals surface area (Å²) in [6.07, 6.45) is 51.2. The molecule has 0 fully saturated rings. The predicted molar refractivity (Wildman–Crippen MR) is 363 cm³/mol. The number of esters is 4. The summed E-state index contributed by atoms with van der Waals surface area (Å²) in [6, 6.07) is 0. The number of rotatable bonds is 71. The number of aliphatic hydroxyl groups is 1. The Labute approximate surface area is 549 Å². The third-order valence-electron chi connectivity index (χ3n) is 16.5. The highest BCUT2D eigenvalue weighted by Crippen LogP contribution is 2.45. The van der Waals surface area contributed by atoms with Crippen LogP contribution in [-0.2, 0) is 65.4 Å². The molecule has 3 N–H and O–H groups in total. The standard InChI is InChI=1S/C71H138O17P2/c1-6-9-12-15-18-21-23-24-25-28-31-36-40-45-50-55-69(74)82-61-67(88-71(76)57-52-47-42-37-32-29-26-27-30-34-38-43-48-53-64(4)5)63-86-90(79,80)84-59-65(72)58-83-89(77,78)85-62-66(60-81-68(73)54-49-44-39-33-20-17-14-11-8-3)87-70(75)56-51-46-41-35-22-19-16-13-10-7-2/h64-67,72H,6-63H2,1-5H3,(H,77,78)(H,79,80)/t65-,66+,67+/m0/s1. The van der Waals surface area contributed by atoms with E-state index < -0.39 is 97.5 Å². The van der Waals surface area contributed by atoms with Gasteiger partial charge in [0.15, 0.2) is 12.2 Å². The van der Waals surface area contributed by atoms with Crippen LogP contribution in [0.4, 0.5) is 0 Å². The van der Waals surface area contributed by atoms with E-state index in [0.717, 1.165) is 95.8 Å². The van der Waals surface area contributed by atoms with Crippen LogP contribution in [0.5, 0.6) is 0 Å². The van der Waals surface area contributed by atoms with Crippen molar-refractivity contribution in [3.63, 3.8) is 0 Å². The van der Waals surface area contributed by atoms with E-state index in [9.17, 15) is 43.2 Å². The van der Waals surface area contributed by atoms with Crippen LogP contribution >= 0.6 is 15.6 Å². The molecule has 0 aliphatic carbocycles. The summed E-state index contributed by atoms with van der Waals surface area (Å²) in [7, 11) is -9.90. The van der Waals surface area contributed by atoms with Gasteiger partial charge in [0.05, 0.1) is 26.4 Å². The lowest BCUT2D eigenvalue weighted by molar-refractivity contribution is -0.161. The zero-order chi connectivity index (χ0) is 66.3. The van der Waals surface area contributed by atoms with E-state index in [4.69, 9.17) is 37.0 Å². The van der Waals surface area contributed by atoms with Crippen molar-refractivity contribution in [2.24, 2.45) is 5.92 Å². The fraction of sp³-hybridized carbons (Fsp3) is 0.944. The van der Waals surface area contributed by atoms with Crippen molar-refractivity contribution in [2.75, 3.05) is 39.6 Å². The van der Waals surface area contributed by atoms with Crippen molar-refractivity contribution >= 4 is 39.5 Å². The number of aliphatic hydroxyl groups excluding tert-OH is 1. The number of ether oxygens (including phenoxy) is 4. The molecule has 534 valence electrons. The first-order valence-electron chi connectivity index (χ1n) is 37.1. The average Bonchev–Trinajstić information content (AvgIpc) is 2.97. The number of carbonyl (C=O) groups is 4. The number of phosphoric ester groups is 2. The van der Waals surface area contributed by atoms with E-state index in [0.29, 0.717) is 25.7 Å². The fourth-order valence-electron chi connectivity index (χ4n) is 10.8. The monoisotopic (exact) mass is 1320 g/mol.